The molecule has 0 aliphatic rings. The van der Waals surface area contributed by atoms with Crippen LogP contribution in [0.2, 0.25) is 0 Å². The van der Waals surface area contributed by atoms with Gasteiger partial charge in [0.15, 0.2) is 0 Å². The first kappa shape index (κ1) is 22.1. The monoisotopic (exact) mass is 446 g/mol. The Kier molecular flexibility index (Phi) is 7.29. The van der Waals surface area contributed by atoms with Gasteiger partial charge in [0.2, 0.25) is 5.88 Å². The molecule has 3 aromatic rings. The first-order valence-electron chi connectivity index (χ1n) is 9.65. The van der Waals surface area contributed by atoms with Crippen molar-refractivity contribution in [2.75, 3.05) is 0 Å². The van der Waals surface area contributed by atoms with E-state index in [9.17, 15) is 0 Å². The molecule has 0 unspecified atom stereocenters. The molecule has 2 aromatic carbocycles. The van der Waals surface area contributed by atoms with Crippen LogP contribution in [0.1, 0.15) is 31.5 Å². The van der Waals surface area contributed by atoms with Crippen LogP contribution >= 0.6 is 23.2 Å². The van der Waals surface area contributed by atoms with Crippen molar-refractivity contribution in [3.63, 3.8) is 0 Å². The number of hydrogen-bond donors (Lipinski definition) is 0. The normalized spacial score (nSPS) is 10.6. The van der Waals surface area contributed by atoms with Crippen LogP contribution in [0.15, 0.2) is 58.8 Å². The highest BCUT2D eigenvalue weighted by Crippen LogP contribution is 2.31. The van der Waals surface area contributed by atoms with Gasteiger partial charge in [-0.2, -0.15) is 5.10 Å². The lowest BCUT2D eigenvalue weighted by atomic mass is 10.1. The molecule has 3 rings (SSSR count). The molecule has 0 aliphatic heterocycles. The lowest BCUT2D eigenvalue weighted by Crippen LogP contribution is -1.97. The molecule has 0 atom stereocenters. The van der Waals surface area contributed by atoms with Gasteiger partial charge in [-0.1, -0.05) is 36.5 Å². The minimum absolute atomic E-state index is 0.0979. The highest BCUT2D eigenvalue weighted by molar-refractivity contribution is 6.56. The van der Waals surface area contributed by atoms with E-state index in [1.165, 1.54) is 0 Å². The lowest BCUT2D eigenvalue weighted by molar-refractivity contribution is 0.422. The second-order valence-electron chi connectivity index (χ2n) is 6.81. The van der Waals surface area contributed by atoms with Gasteiger partial charge in [0.25, 0.3) is 0 Å². The Morgan fingerprint density at radius 1 is 0.900 bits per heavy atom. The van der Waals surface area contributed by atoms with Gasteiger partial charge in [-0.3, -0.25) is 0 Å². The highest BCUT2D eigenvalue weighted by atomic mass is 35.5. The molecular weight excluding hydrogens is 423 g/mol. The average Bonchev–Trinajstić information content (AvgIpc) is 2.98. The molecule has 0 fully saturated rings. The number of aryl methyl sites for hydroxylation is 2. The van der Waals surface area contributed by atoms with E-state index in [1.807, 2.05) is 50.4 Å². The largest absolute Gasteiger partial charge is 0.460 e. The lowest BCUT2D eigenvalue weighted by Gasteiger charge is -2.11. The Balaban J connectivity index is 1.66. The standard InChI is InChI=1S/C23H24Cl2N2O3/c1-5-6-21-15(2)26-27(4)23(21)30-20-13-11-19(12-14-20)29-18-9-7-17(8-10-18)28-16(3)22(24)25/h7-14H,5-6H2,1-4H3. The highest BCUT2D eigenvalue weighted by Gasteiger charge is 2.14. The number of ether oxygens (including phenoxy) is 3. The smallest absolute Gasteiger partial charge is 0.221 e. The van der Waals surface area contributed by atoms with Gasteiger partial charge in [0, 0.05) is 12.6 Å². The van der Waals surface area contributed by atoms with Crippen molar-refractivity contribution >= 4 is 23.2 Å². The predicted molar refractivity (Wildman–Crippen MR) is 120 cm³/mol. The van der Waals surface area contributed by atoms with Crippen LogP contribution in [0.4, 0.5) is 0 Å². The molecule has 5 nitrogen and oxygen atoms in total. The summed E-state index contributed by atoms with van der Waals surface area (Å²) in [6.45, 7) is 5.85. The molecule has 0 spiro atoms. The van der Waals surface area contributed by atoms with Crippen molar-refractivity contribution < 1.29 is 14.2 Å². The van der Waals surface area contributed by atoms with E-state index in [4.69, 9.17) is 37.4 Å². The molecule has 0 aliphatic carbocycles. The number of rotatable bonds is 8. The van der Waals surface area contributed by atoms with Crippen molar-refractivity contribution in [2.24, 2.45) is 7.05 Å². The number of allylic oxidation sites excluding steroid dienone is 1. The topological polar surface area (TPSA) is 45.5 Å². The third-order valence-corrected chi connectivity index (χ3v) is 4.96. The number of halogens is 2. The van der Waals surface area contributed by atoms with Crippen molar-refractivity contribution in [2.45, 2.75) is 33.6 Å². The summed E-state index contributed by atoms with van der Waals surface area (Å²) >= 11 is 11.4. The van der Waals surface area contributed by atoms with Crippen LogP contribution in [0.5, 0.6) is 28.9 Å². The quantitative estimate of drug-likeness (QED) is 0.340. The van der Waals surface area contributed by atoms with Gasteiger partial charge in [-0.15, -0.1) is 0 Å². The summed E-state index contributed by atoms with van der Waals surface area (Å²) in [4.78, 5) is 0. The molecule has 158 valence electrons. The van der Waals surface area contributed by atoms with Crippen molar-refractivity contribution in [3.05, 3.63) is 70.0 Å². The molecule has 1 aromatic heterocycles. The molecule has 0 radical (unpaired) electrons. The van der Waals surface area contributed by atoms with E-state index >= 15 is 0 Å². The van der Waals surface area contributed by atoms with Crippen molar-refractivity contribution in [1.29, 1.82) is 0 Å². The average molecular weight is 447 g/mol. The van der Waals surface area contributed by atoms with Crippen LogP contribution < -0.4 is 14.2 Å². The second-order valence-corrected chi connectivity index (χ2v) is 7.76. The zero-order valence-corrected chi connectivity index (χ0v) is 18.9. The number of nitrogens with zero attached hydrogens (tertiary/aromatic N) is 2. The molecule has 0 N–H and O–H groups in total. The predicted octanol–water partition coefficient (Wildman–Crippen LogP) is 7.31. The van der Waals surface area contributed by atoms with E-state index in [2.05, 4.69) is 12.0 Å². The third-order valence-electron chi connectivity index (χ3n) is 4.42. The van der Waals surface area contributed by atoms with E-state index < -0.39 is 0 Å². The number of hydrogen-bond acceptors (Lipinski definition) is 4. The van der Waals surface area contributed by atoms with Gasteiger partial charge < -0.3 is 14.2 Å². The summed E-state index contributed by atoms with van der Waals surface area (Å²) in [5.74, 6) is 3.95. The molecule has 0 saturated heterocycles. The van der Waals surface area contributed by atoms with Crippen molar-refractivity contribution in [1.82, 2.24) is 9.78 Å². The fourth-order valence-electron chi connectivity index (χ4n) is 2.96. The molecule has 0 bridgehead atoms. The van der Waals surface area contributed by atoms with Gasteiger partial charge in [0.05, 0.1) is 5.69 Å². The maximum absolute atomic E-state index is 6.09. The van der Waals surface area contributed by atoms with Gasteiger partial charge >= 0.3 is 0 Å². The number of benzene rings is 2. The van der Waals surface area contributed by atoms with E-state index in [0.717, 1.165) is 35.7 Å². The Morgan fingerprint density at radius 3 is 1.90 bits per heavy atom. The van der Waals surface area contributed by atoms with Crippen LogP contribution in [0.25, 0.3) is 0 Å². The summed E-state index contributed by atoms with van der Waals surface area (Å²) in [6.07, 6.45) is 1.97. The maximum atomic E-state index is 6.09. The summed E-state index contributed by atoms with van der Waals surface area (Å²) in [6, 6.07) is 14.7. The molecule has 1 heterocycles. The third kappa shape index (κ3) is 5.49. The Bertz CT molecular complexity index is 1020. The Morgan fingerprint density at radius 2 is 1.40 bits per heavy atom. The minimum atomic E-state index is 0.0979. The van der Waals surface area contributed by atoms with Gasteiger partial charge in [-0.05, 0) is 68.8 Å². The van der Waals surface area contributed by atoms with Gasteiger partial charge in [-0.25, -0.2) is 4.68 Å². The zero-order valence-electron chi connectivity index (χ0n) is 17.4. The molecule has 7 heteroatoms. The van der Waals surface area contributed by atoms with Crippen LogP contribution in [-0.2, 0) is 13.5 Å². The maximum Gasteiger partial charge on any atom is 0.221 e. The summed E-state index contributed by atoms with van der Waals surface area (Å²) in [5, 5.41) is 4.47. The van der Waals surface area contributed by atoms with Crippen molar-refractivity contribution in [3.8, 4) is 28.9 Å². The SMILES string of the molecule is CCCc1c(C)nn(C)c1Oc1ccc(Oc2ccc(OC(C)=C(Cl)Cl)cc2)cc1. The number of aromatic nitrogens is 2. The Labute approximate surface area is 186 Å². The molecular formula is C23H24Cl2N2O3. The fourth-order valence-corrected chi connectivity index (χ4v) is 3.04. The zero-order chi connectivity index (χ0) is 21.7. The molecule has 0 amide bonds. The van der Waals surface area contributed by atoms with Gasteiger partial charge in [0.1, 0.15) is 33.2 Å². The van der Waals surface area contributed by atoms with Crippen LogP contribution in [-0.4, -0.2) is 9.78 Å². The first-order chi connectivity index (χ1) is 14.4. The van der Waals surface area contributed by atoms with E-state index in [-0.39, 0.29) is 4.49 Å². The second kappa shape index (κ2) is 9.92. The molecule has 30 heavy (non-hydrogen) atoms. The van der Waals surface area contributed by atoms with Crippen LogP contribution in [0.3, 0.4) is 0 Å². The fraction of sp³-hybridized carbons (Fsp3) is 0.261. The summed E-state index contributed by atoms with van der Waals surface area (Å²) < 4.78 is 19.4. The van der Waals surface area contributed by atoms with E-state index in [1.54, 1.807) is 23.7 Å². The van der Waals surface area contributed by atoms with E-state index in [0.29, 0.717) is 23.0 Å². The first-order valence-corrected chi connectivity index (χ1v) is 10.4. The minimum Gasteiger partial charge on any atom is -0.460 e. The molecule has 0 saturated carbocycles. The summed E-state index contributed by atoms with van der Waals surface area (Å²) in [7, 11) is 1.89. The summed E-state index contributed by atoms with van der Waals surface area (Å²) in [5.41, 5.74) is 2.14. The van der Waals surface area contributed by atoms with Crippen LogP contribution in [0, 0.1) is 6.92 Å². The Hall–Kier alpha value is -2.63.